The van der Waals surface area contributed by atoms with Gasteiger partial charge in [-0.1, -0.05) is 31.9 Å². The molecule has 3 amide bonds. The summed E-state index contributed by atoms with van der Waals surface area (Å²) >= 11 is 0. The average Bonchev–Trinajstić information content (AvgIpc) is 4.09. The molecule has 0 bridgehead atoms. The fourth-order valence-electron chi connectivity index (χ4n) is 6.23. The molecule has 1 aliphatic heterocycles. The second-order valence-electron chi connectivity index (χ2n) is 13.3. The number of aromatic nitrogens is 3. The number of ether oxygens (including phenoxy) is 1. The number of anilines is 1. The number of benzene rings is 2. The SMILES string of the molecule is C=N/C=C\C1CCCC1.C=Nc1ccc(C=O)cc1OC.CCC(NC)c1ncn[nH]1.CN.CNCCCC(=O)Nc1cccc2c1CN(C(C=O)CCC(=O)NC)C2=O. The van der Waals surface area contributed by atoms with Gasteiger partial charge < -0.3 is 41.4 Å². The van der Waals surface area contributed by atoms with E-state index in [1.165, 1.54) is 58.1 Å². The van der Waals surface area contributed by atoms with Gasteiger partial charge in [-0.2, -0.15) is 5.10 Å². The van der Waals surface area contributed by atoms with Gasteiger partial charge >= 0.3 is 0 Å². The van der Waals surface area contributed by atoms with Gasteiger partial charge in [-0.15, -0.1) is 0 Å². The number of aliphatic imine (C=N–C) groups is 2. The lowest BCUT2D eigenvalue weighted by Gasteiger charge is -2.22. The number of fused-ring (bicyclic) bond motifs is 1. The fourth-order valence-corrected chi connectivity index (χ4v) is 6.23. The Labute approximate surface area is 354 Å². The van der Waals surface area contributed by atoms with Crippen molar-refractivity contribution in [2.75, 3.05) is 47.2 Å². The molecule has 5 rings (SSSR count). The highest BCUT2D eigenvalue weighted by molar-refractivity contribution is 6.03. The number of allylic oxidation sites excluding steroid dienone is 1. The van der Waals surface area contributed by atoms with Gasteiger partial charge in [0.05, 0.1) is 19.2 Å². The van der Waals surface area contributed by atoms with Gasteiger partial charge in [0.15, 0.2) is 0 Å². The summed E-state index contributed by atoms with van der Waals surface area (Å²) in [6.45, 7) is 9.85. The molecule has 2 unspecified atom stereocenters. The Balaban J connectivity index is 0.000000448. The lowest BCUT2D eigenvalue weighted by Crippen LogP contribution is -2.37. The number of amides is 3. The Morgan fingerprint density at radius 1 is 1.08 bits per heavy atom. The third-order valence-electron chi connectivity index (χ3n) is 9.50. The summed E-state index contributed by atoms with van der Waals surface area (Å²) in [4.78, 5) is 71.0. The van der Waals surface area contributed by atoms with E-state index < -0.39 is 6.04 Å². The Kier molecular flexibility index (Phi) is 27.0. The number of aromatic amines is 1. The highest BCUT2D eigenvalue weighted by Crippen LogP contribution is 2.31. The van der Waals surface area contributed by atoms with Crippen molar-refractivity contribution in [2.45, 2.75) is 83.3 Å². The molecule has 1 saturated carbocycles. The quantitative estimate of drug-likeness (QED) is 0.0569. The van der Waals surface area contributed by atoms with Crippen LogP contribution in [0.1, 0.15) is 103 Å². The monoisotopic (exact) mass is 832 g/mol. The van der Waals surface area contributed by atoms with Gasteiger partial charge in [-0.3, -0.25) is 34.3 Å². The van der Waals surface area contributed by atoms with Crippen molar-refractivity contribution >= 4 is 55.1 Å². The van der Waals surface area contributed by atoms with Gasteiger partial charge in [0, 0.05) is 55.0 Å². The molecule has 2 heterocycles. The molecule has 17 heteroatoms. The molecular weight excluding hydrogens is 767 g/mol. The molecule has 1 fully saturated rings. The van der Waals surface area contributed by atoms with Crippen molar-refractivity contribution in [1.82, 2.24) is 36.0 Å². The first-order valence-corrected chi connectivity index (χ1v) is 20.0. The minimum absolute atomic E-state index is 0.115. The largest absolute Gasteiger partial charge is 0.494 e. The van der Waals surface area contributed by atoms with E-state index in [9.17, 15) is 24.0 Å². The van der Waals surface area contributed by atoms with Gasteiger partial charge in [0.1, 0.15) is 36.2 Å². The third kappa shape index (κ3) is 17.9. The van der Waals surface area contributed by atoms with Crippen molar-refractivity contribution in [3.05, 3.63) is 77.5 Å². The van der Waals surface area contributed by atoms with E-state index >= 15 is 0 Å². The molecule has 2 atom stereocenters. The summed E-state index contributed by atoms with van der Waals surface area (Å²) < 4.78 is 4.99. The lowest BCUT2D eigenvalue weighted by molar-refractivity contribution is -0.121. The Morgan fingerprint density at radius 2 is 1.82 bits per heavy atom. The minimum atomic E-state index is -0.679. The molecule has 17 nitrogen and oxygen atoms in total. The zero-order valence-electron chi connectivity index (χ0n) is 36.0. The number of H-pyrrole nitrogens is 1. The topological polar surface area (TPSA) is 238 Å². The van der Waals surface area contributed by atoms with E-state index in [2.05, 4.69) is 78.6 Å². The fraction of sp³-hybridized carbons (Fsp3) is 0.465. The van der Waals surface area contributed by atoms with E-state index in [1.807, 2.05) is 20.3 Å². The van der Waals surface area contributed by atoms with Crippen LogP contribution in [0.15, 0.2) is 65.0 Å². The third-order valence-corrected chi connectivity index (χ3v) is 9.50. The maximum atomic E-state index is 12.7. The zero-order chi connectivity index (χ0) is 44.7. The molecular formula is C43H65N11O6. The summed E-state index contributed by atoms with van der Waals surface area (Å²) in [5, 5.41) is 18.1. The Morgan fingerprint density at radius 3 is 2.37 bits per heavy atom. The summed E-state index contributed by atoms with van der Waals surface area (Å²) in [6.07, 6.45) is 15.0. The van der Waals surface area contributed by atoms with Crippen LogP contribution in [0.4, 0.5) is 11.4 Å². The number of nitrogens with two attached hydrogens (primary N) is 1. The zero-order valence-corrected chi connectivity index (χ0v) is 36.0. The molecule has 0 saturated heterocycles. The summed E-state index contributed by atoms with van der Waals surface area (Å²) in [5.74, 6) is 1.72. The van der Waals surface area contributed by atoms with Crippen molar-refractivity contribution < 1.29 is 28.7 Å². The minimum Gasteiger partial charge on any atom is -0.494 e. The van der Waals surface area contributed by atoms with Crippen molar-refractivity contribution in [2.24, 2.45) is 21.6 Å². The Bertz CT molecular complexity index is 1770. The number of carbonyl (C=O) groups excluding carboxylic acids is 5. The summed E-state index contributed by atoms with van der Waals surface area (Å²) in [6, 6.07) is 9.76. The number of hydrogen-bond donors (Lipinski definition) is 6. The number of methoxy groups -OCH3 is 1. The molecule has 1 aliphatic carbocycles. The number of nitrogens with one attached hydrogen (secondary N) is 5. The van der Waals surface area contributed by atoms with Gasteiger partial charge in [0.2, 0.25) is 11.8 Å². The van der Waals surface area contributed by atoms with Crippen LogP contribution >= 0.6 is 0 Å². The second kappa shape index (κ2) is 31.1. The van der Waals surface area contributed by atoms with Crippen LogP contribution in [0.3, 0.4) is 0 Å². The van der Waals surface area contributed by atoms with E-state index in [0.717, 1.165) is 37.4 Å². The van der Waals surface area contributed by atoms with Crippen LogP contribution in [0, 0.1) is 5.92 Å². The highest BCUT2D eigenvalue weighted by Gasteiger charge is 2.34. The van der Waals surface area contributed by atoms with Crippen LogP contribution in [0.2, 0.25) is 0 Å². The maximum absolute atomic E-state index is 12.7. The number of nitrogens with zero attached hydrogens (tertiary/aromatic N) is 5. The smallest absolute Gasteiger partial charge is 0.255 e. The normalized spacial score (nSPS) is 13.6. The van der Waals surface area contributed by atoms with E-state index in [4.69, 9.17) is 4.74 Å². The number of aldehydes is 2. The van der Waals surface area contributed by atoms with E-state index in [1.54, 1.807) is 36.4 Å². The Hall–Kier alpha value is -5.91. The summed E-state index contributed by atoms with van der Waals surface area (Å²) in [5.41, 5.74) is 7.49. The second-order valence-corrected chi connectivity index (χ2v) is 13.3. The number of hydrogen-bond acceptors (Lipinski definition) is 13. The predicted octanol–water partition coefficient (Wildman–Crippen LogP) is 4.96. The molecule has 3 aromatic rings. The van der Waals surface area contributed by atoms with E-state index in [-0.39, 0.29) is 37.1 Å². The van der Waals surface area contributed by atoms with Crippen LogP contribution in [-0.4, -0.2) is 112 Å². The van der Waals surface area contributed by atoms with Gasteiger partial charge in [-0.05, 0) is 109 Å². The van der Waals surface area contributed by atoms with Crippen LogP contribution in [0.25, 0.3) is 0 Å². The first kappa shape index (κ1) is 52.1. The molecule has 1 aromatic heterocycles. The number of rotatable bonds is 18. The van der Waals surface area contributed by atoms with Gasteiger partial charge in [-0.25, -0.2) is 4.98 Å². The van der Waals surface area contributed by atoms with Crippen LogP contribution < -0.4 is 31.7 Å². The van der Waals surface area contributed by atoms with Crippen molar-refractivity contribution in [1.29, 1.82) is 0 Å². The van der Waals surface area contributed by atoms with Crippen LogP contribution in [0.5, 0.6) is 5.75 Å². The van der Waals surface area contributed by atoms with Crippen molar-refractivity contribution in [3.63, 3.8) is 0 Å². The maximum Gasteiger partial charge on any atom is 0.255 e. The molecule has 7 N–H and O–H groups in total. The molecule has 328 valence electrons. The molecule has 0 spiro atoms. The first-order chi connectivity index (χ1) is 29.1. The molecule has 2 aromatic carbocycles. The molecule has 60 heavy (non-hydrogen) atoms. The first-order valence-electron chi connectivity index (χ1n) is 20.0. The molecule has 0 radical (unpaired) electrons. The van der Waals surface area contributed by atoms with E-state index in [0.29, 0.717) is 52.6 Å². The predicted molar refractivity (Wildman–Crippen MR) is 238 cm³/mol. The van der Waals surface area contributed by atoms with Crippen molar-refractivity contribution in [3.8, 4) is 5.75 Å². The average molecular weight is 832 g/mol. The standard InChI is InChI=1S/C19H26N4O4.C9H9NO2.C8H13N.C6H12N4.CH5N/c1-20-10-4-7-18(26)22-16-6-3-5-14-15(16)11-23(19(14)27)13(12-24)8-9-17(25)21-2;1-10-8-4-3-7(6-11)5-9(8)12-2;1-9-7-6-8-4-2-3-5-8;1-3-5(7-2)6-8-4-9-10-6;1-2/h3,5-6,12-13,20H,4,7-11H2,1-2H3,(H,21,25)(H,22,26);3-6H,1H2,2H3;6-8H,1-5H2;4-5,7H,3H2,1-2H3,(H,8,9,10);2H2,1H3/b;;7-6-;;. The number of carbonyl (C=O) groups is 5. The van der Waals surface area contributed by atoms with Gasteiger partial charge in [0.25, 0.3) is 5.91 Å². The highest BCUT2D eigenvalue weighted by atomic mass is 16.5. The lowest BCUT2D eigenvalue weighted by atomic mass is 10.1. The molecule has 2 aliphatic rings. The summed E-state index contributed by atoms with van der Waals surface area (Å²) in [7, 11) is 8.30. The van der Waals surface area contributed by atoms with Crippen LogP contribution in [-0.2, 0) is 20.9 Å².